The fraction of sp³-hybridized carbons (Fsp3) is 0.364. The standard InChI is InChI=1S/C11H15N5O/c1-3-4-8-6-10(17)14-11(13-8)16-9(12)5-7(2)15-16/h5-6H,3-4,12H2,1-2H3,(H,13,14,17). The second kappa shape index (κ2) is 4.40. The number of nitrogens with zero attached hydrogens (tertiary/aromatic N) is 3. The molecule has 2 aromatic heterocycles. The van der Waals surface area contributed by atoms with Crippen LogP contribution in [-0.4, -0.2) is 19.7 Å². The van der Waals surface area contributed by atoms with Crippen LogP contribution in [0.25, 0.3) is 5.95 Å². The zero-order chi connectivity index (χ0) is 12.4. The van der Waals surface area contributed by atoms with E-state index in [4.69, 9.17) is 5.73 Å². The van der Waals surface area contributed by atoms with Gasteiger partial charge in [0.15, 0.2) is 0 Å². The number of hydrogen-bond acceptors (Lipinski definition) is 4. The monoisotopic (exact) mass is 233 g/mol. The van der Waals surface area contributed by atoms with Gasteiger partial charge >= 0.3 is 0 Å². The summed E-state index contributed by atoms with van der Waals surface area (Å²) < 4.78 is 1.44. The highest BCUT2D eigenvalue weighted by Crippen LogP contribution is 2.09. The fourth-order valence-corrected chi connectivity index (χ4v) is 1.67. The first-order chi connectivity index (χ1) is 8.10. The number of aryl methyl sites for hydroxylation is 2. The van der Waals surface area contributed by atoms with Crippen LogP contribution in [-0.2, 0) is 6.42 Å². The number of H-pyrrole nitrogens is 1. The summed E-state index contributed by atoms with van der Waals surface area (Å²) in [5, 5.41) is 4.18. The molecular formula is C11H15N5O. The highest BCUT2D eigenvalue weighted by Gasteiger charge is 2.08. The first-order valence-electron chi connectivity index (χ1n) is 5.53. The molecule has 0 unspecified atom stereocenters. The Bertz CT molecular complexity index is 584. The van der Waals surface area contributed by atoms with Crippen molar-refractivity contribution in [1.29, 1.82) is 0 Å². The second-order valence-corrected chi connectivity index (χ2v) is 3.93. The van der Waals surface area contributed by atoms with Crippen LogP contribution in [0.5, 0.6) is 0 Å². The van der Waals surface area contributed by atoms with Crippen LogP contribution in [0.1, 0.15) is 24.7 Å². The Labute approximate surface area is 98.5 Å². The summed E-state index contributed by atoms with van der Waals surface area (Å²) in [7, 11) is 0. The molecule has 6 heteroatoms. The maximum Gasteiger partial charge on any atom is 0.252 e. The summed E-state index contributed by atoms with van der Waals surface area (Å²) in [6.07, 6.45) is 1.70. The van der Waals surface area contributed by atoms with E-state index in [2.05, 4.69) is 15.1 Å². The number of aromatic nitrogens is 4. The van der Waals surface area contributed by atoms with E-state index >= 15 is 0 Å². The Kier molecular flexibility index (Phi) is 2.95. The molecule has 0 spiro atoms. The molecule has 0 atom stereocenters. The van der Waals surface area contributed by atoms with Crippen molar-refractivity contribution in [3.05, 3.63) is 33.9 Å². The fourth-order valence-electron chi connectivity index (χ4n) is 1.67. The van der Waals surface area contributed by atoms with Crippen LogP contribution >= 0.6 is 0 Å². The molecule has 0 aliphatic heterocycles. The molecule has 0 aromatic carbocycles. The third-order valence-electron chi connectivity index (χ3n) is 2.35. The van der Waals surface area contributed by atoms with Gasteiger partial charge in [-0.1, -0.05) is 13.3 Å². The number of anilines is 1. The quantitative estimate of drug-likeness (QED) is 0.820. The third kappa shape index (κ3) is 2.35. The van der Waals surface area contributed by atoms with Gasteiger partial charge in [0.05, 0.1) is 5.69 Å². The molecule has 0 fully saturated rings. The van der Waals surface area contributed by atoms with Gasteiger partial charge in [0.2, 0.25) is 5.95 Å². The molecule has 0 saturated heterocycles. The second-order valence-electron chi connectivity index (χ2n) is 3.93. The Morgan fingerprint density at radius 3 is 2.82 bits per heavy atom. The highest BCUT2D eigenvalue weighted by atomic mass is 16.1. The Balaban J connectivity index is 2.51. The van der Waals surface area contributed by atoms with Crippen molar-refractivity contribution in [2.75, 3.05) is 5.73 Å². The largest absolute Gasteiger partial charge is 0.383 e. The number of nitrogen functional groups attached to an aromatic ring is 1. The lowest BCUT2D eigenvalue weighted by atomic mass is 10.2. The van der Waals surface area contributed by atoms with E-state index in [0.717, 1.165) is 24.2 Å². The van der Waals surface area contributed by atoms with Gasteiger partial charge in [-0.05, 0) is 13.3 Å². The minimum atomic E-state index is -0.189. The highest BCUT2D eigenvalue weighted by molar-refractivity contribution is 5.36. The van der Waals surface area contributed by atoms with Gasteiger partial charge in [-0.15, -0.1) is 0 Å². The van der Waals surface area contributed by atoms with E-state index in [1.807, 2.05) is 13.8 Å². The van der Waals surface area contributed by atoms with Gasteiger partial charge in [0.25, 0.3) is 5.56 Å². The SMILES string of the molecule is CCCc1cc(=O)[nH]c(-n2nc(C)cc2N)n1. The first kappa shape index (κ1) is 11.4. The van der Waals surface area contributed by atoms with Crippen LogP contribution in [0.4, 0.5) is 5.82 Å². The topological polar surface area (TPSA) is 89.6 Å². The first-order valence-corrected chi connectivity index (χ1v) is 5.53. The minimum absolute atomic E-state index is 0.189. The summed E-state index contributed by atoms with van der Waals surface area (Å²) in [6, 6.07) is 3.23. The van der Waals surface area contributed by atoms with Gasteiger partial charge in [0.1, 0.15) is 5.82 Å². The molecule has 0 amide bonds. The summed E-state index contributed by atoms with van der Waals surface area (Å²) in [4.78, 5) is 18.5. The van der Waals surface area contributed by atoms with Crippen molar-refractivity contribution >= 4 is 5.82 Å². The maximum atomic E-state index is 11.5. The number of hydrogen-bond donors (Lipinski definition) is 2. The van der Waals surface area contributed by atoms with Crippen LogP contribution in [0.15, 0.2) is 16.9 Å². The van der Waals surface area contributed by atoms with Gasteiger partial charge in [-0.3, -0.25) is 9.78 Å². The smallest absolute Gasteiger partial charge is 0.252 e. The molecule has 2 rings (SSSR count). The lowest BCUT2D eigenvalue weighted by Crippen LogP contribution is -2.16. The number of nitrogens with two attached hydrogens (primary N) is 1. The van der Waals surface area contributed by atoms with Crippen molar-refractivity contribution < 1.29 is 0 Å². The average Bonchev–Trinajstić information content (AvgIpc) is 2.57. The molecule has 2 aromatic rings. The molecule has 0 radical (unpaired) electrons. The van der Waals surface area contributed by atoms with Crippen LogP contribution in [0, 0.1) is 6.92 Å². The average molecular weight is 233 g/mol. The molecule has 0 bridgehead atoms. The van der Waals surface area contributed by atoms with Crippen molar-refractivity contribution in [3.63, 3.8) is 0 Å². The number of rotatable bonds is 3. The zero-order valence-electron chi connectivity index (χ0n) is 9.90. The molecular weight excluding hydrogens is 218 g/mol. The van der Waals surface area contributed by atoms with Crippen molar-refractivity contribution in [2.24, 2.45) is 0 Å². The van der Waals surface area contributed by atoms with Gasteiger partial charge < -0.3 is 5.73 Å². The summed E-state index contributed by atoms with van der Waals surface area (Å²) in [5.74, 6) is 0.825. The van der Waals surface area contributed by atoms with Crippen LogP contribution in [0.3, 0.4) is 0 Å². The normalized spacial score (nSPS) is 10.7. The summed E-state index contributed by atoms with van der Waals surface area (Å²) in [5.41, 5.74) is 7.13. The predicted molar refractivity (Wildman–Crippen MR) is 65.1 cm³/mol. The summed E-state index contributed by atoms with van der Waals surface area (Å²) in [6.45, 7) is 3.87. The van der Waals surface area contributed by atoms with Gasteiger partial charge in [-0.2, -0.15) is 9.78 Å². The predicted octanol–water partition coefficient (Wildman–Crippen LogP) is 0.799. The minimum Gasteiger partial charge on any atom is -0.383 e. The van der Waals surface area contributed by atoms with Crippen LogP contribution in [0.2, 0.25) is 0 Å². The van der Waals surface area contributed by atoms with E-state index in [0.29, 0.717) is 11.8 Å². The molecule has 17 heavy (non-hydrogen) atoms. The van der Waals surface area contributed by atoms with E-state index in [1.54, 1.807) is 6.07 Å². The van der Waals surface area contributed by atoms with Crippen molar-refractivity contribution in [2.45, 2.75) is 26.7 Å². The molecule has 90 valence electrons. The molecule has 0 saturated carbocycles. The molecule has 3 N–H and O–H groups in total. The van der Waals surface area contributed by atoms with Gasteiger partial charge in [0, 0.05) is 17.8 Å². The third-order valence-corrected chi connectivity index (χ3v) is 2.35. The van der Waals surface area contributed by atoms with E-state index in [9.17, 15) is 4.79 Å². The molecule has 0 aliphatic carbocycles. The van der Waals surface area contributed by atoms with E-state index < -0.39 is 0 Å². The Morgan fingerprint density at radius 2 is 2.24 bits per heavy atom. The van der Waals surface area contributed by atoms with Crippen molar-refractivity contribution in [3.8, 4) is 5.95 Å². The number of aromatic amines is 1. The van der Waals surface area contributed by atoms with E-state index in [1.165, 1.54) is 10.7 Å². The molecule has 6 nitrogen and oxygen atoms in total. The molecule has 2 heterocycles. The zero-order valence-corrected chi connectivity index (χ0v) is 9.90. The lowest BCUT2D eigenvalue weighted by molar-refractivity contribution is 0.772. The Morgan fingerprint density at radius 1 is 1.47 bits per heavy atom. The summed E-state index contributed by atoms with van der Waals surface area (Å²) >= 11 is 0. The lowest BCUT2D eigenvalue weighted by Gasteiger charge is -2.04. The van der Waals surface area contributed by atoms with E-state index in [-0.39, 0.29) is 5.56 Å². The molecule has 0 aliphatic rings. The van der Waals surface area contributed by atoms with Crippen molar-refractivity contribution in [1.82, 2.24) is 19.7 Å². The number of nitrogens with one attached hydrogen (secondary N) is 1. The maximum absolute atomic E-state index is 11.5. The van der Waals surface area contributed by atoms with Gasteiger partial charge in [-0.25, -0.2) is 4.98 Å². The Hall–Kier alpha value is -2.11. The van der Waals surface area contributed by atoms with Crippen LogP contribution < -0.4 is 11.3 Å².